The second-order valence-electron chi connectivity index (χ2n) is 6.83. The molecule has 1 aromatic carbocycles. The van der Waals surface area contributed by atoms with E-state index >= 15 is 0 Å². The monoisotopic (exact) mass is 262 g/mol. The van der Waals surface area contributed by atoms with Crippen molar-refractivity contribution >= 4 is 5.69 Å². The van der Waals surface area contributed by atoms with E-state index in [1.165, 1.54) is 11.3 Å². The predicted molar refractivity (Wildman–Crippen MR) is 80.5 cm³/mol. The van der Waals surface area contributed by atoms with Crippen molar-refractivity contribution in [2.45, 2.75) is 51.9 Å². The third kappa shape index (κ3) is 3.28. The lowest BCUT2D eigenvalue weighted by atomic mass is 9.96. The Labute approximate surface area is 116 Å². The molecular weight excluding hydrogens is 236 g/mol. The fraction of sp³-hybridized carbons (Fsp3) is 0.625. The van der Waals surface area contributed by atoms with E-state index in [0.29, 0.717) is 0 Å². The van der Waals surface area contributed by atoms with Crippen LogP contribution in [0.3, 0.4) is 0 Å². The van der Waals surface area contributed by atoms with Crippen molar-refractivity contribution < 1.29 is 4.74 Å². The van der Waals surface area contributed by atoms with Crippen molar-refractivity contribution in [3.8, 4) is 0 Å². The van der Waals surface area contributed by atoms with Crippen molar-refractivity contribution in [2.24, 2.45) is 5.73 Å². The molecule has 0 radical (unpaired) electrons. The van der Waals surface area contributed by atoms with E-state index in [-0.39, 0.29) is 17.2 Å². The van der Waals surface area contributed by atoms with Gasteiger partial charge in [-0.25, -0.2) is 0 Å². The second-order valence-corrected chi connectivity index (χ2v) is 6.83. The molecule has 1 heterocycles. The van der Waals surface area contributed by atoms with Crippen LogP contribution in [0, 0.1) is 0 Å². The number of morpholine rings is 1. The molecule has 0 aromatic heterocycles. The zero-order valence-electron chi connectivity index (χ0n) is 12.7. The van der Waals surface area contributed by atoms with Gasteiger partial charge in [0, 0.05) is 24.8 Å². The summed E-state index contributed by atoms with van der Waals surface area (Å²) in [5.41, 5.74) is 8.25. The molecule has 1 atom stereocenters. The summed E-state index contributed by atoms with van der Waals surface area (Å²) in [6.45, 7) is 12.4. The van der Waals surface area contributed by atoms with Gasteiger partial charge in [-0.3, -0.25) is 0 Å². The van der Waals surface area contributed by atoms with Crippen LogP contribution < -0.4 is 10.6 Å². The first-order chi connectivity index (χ1) is 8.70. The SMILES string of the molecule is C[C@H](N)c1ccccc1N1CC(C)(C)OC(C)(C)C1. The number of ether oxygens (including phenoxy) is 1. The maximum absolute atomic E-state index is 6.14. The van der Waals surface area contributed by atoms with Crippen LogP contribution in [0.2, 0.25) is 0 Å². The number of para-hydroxylation sites is 1. The average Bonchev–Trinajstić information content (AvgIpc) is 2.24. The van der Waals surface area contributed by atoms with Crippen LogP contribution in [0.4, 0.5) is 5.69 Å². The summed E-state index contributed by atoms with van der Waals surface area (Å²) in [5, 5.41) is 0. The molecule has 106 valence electrons. The molecule has 0 spiro atoms. The first kappa shape index (κ1) is 14.4. The molecule has 2 N–H and O–H groups in total. The van der Waals surface area contributed by atoms with Crippen molar-refractivity contribution in [3.05, 3.63) is 29.8 Å². The molecule has 1 aliphatic heterocycles. The molecule has 19 heavy (non-hydrogen) atoms. The van der Waals surface area contributed by atoms with Crippen molar-refractivity contribution in [1.29, 1.82) is 0 Å². The lowest BCUT2D eigenvalue weighted by Crippen LogP contribution is -2.57. The number of nitrogens with two attached hydrogens (primary N) is 1. The summed E-state index contributed by atoms with van der Waals surface area (Å²) < 4.78 is 6.14. The number of benzene rings is 1. The van der Waals surface area contributed by atoms with Gasteiger partial charge in [0.25, 0.3) is 0 Å². The minimum absolute atomic E-state index is 0.0465. The fourth-order valence-electron chi connectivity index (χ4n) is 3.12. The van der Waals surface area contributed by atoms with E-state index < -0.39 is 0 Å². The summed E-state index contributed by atoms with van der Waals surface area (Å²) in [6, 6.07) is 8.46. The van der Waals surface area contributed by atoms with E-state index in [0.717, 1.165) is 13.1 Å². The smallest absolute Gasteiger partial charge is 0.0808 e. The molecule has 3 heteroatoms. The van der Waals surface area contributed by atoms with Gasteiger partial charge in [-0.1, -0.05) is 18.2 Å². The standard InChI is InChI=1S/C16H26N2O/c1-12(17)13-8-6-7-9-14(13)18-10-15(2,3)19-16(4,5)11-18/h6-9,12H,10-11,17H2,1-5H3/t12-/m0/s1. The molecule has 1 saturated heterocycles. The Morgan fingerprint density at radius 1 is 1.11 bits per heavy atom. The van der Waals surface area contributed by atoms with Crippen LogP contribution >= 0.6 is 0 Å². The minimum atomic E-state index is -0.146. The molecule has 0 saturated carbocycles. The summed E-state index contributed by atoms with van der Waals surface area (Å²) in [7, 11) is 0. The van der Waals surface area contributed by atoms with Crippen LogP contribution in [0.5, 0.6) is 0 Å². The maximum atomic E-state index is 6.14. The predicted octanol–water partition coefficient (Wildman–Crippen LogP) is 3.10. The van der Waals surface area contributed by atoms with Crippen LogP contribution in [0.15, 0.2) is 24.3 Å². The zero-order valence-corrected chi connectivity index (χ0v) is 12.7. The fourth-order valence-corrected chi connectivity index (χ4v) is 3.12. The highest BCUT2D eigenvalue weighted by Gasteiger charge is 2.38. The van der Waals surface area contributed by atoms with E-state index in [4.69, 9.17) is 10.5 Å². The second kappa shape index (κ2) is 4.80. The maximum Gasteiger partial charge on any atom is 0.0808 e. The molecular formula is C16H26N2O. The highest BCUT2D eigenvalue weighted by atomic mass is 16.5. The Bertz CT molecular complexity index is 436. The molecule has 3 nitrogen and oxygen atoms in total. The van der Waals surface area contributed by atoms with Gasteiger partial charge in [0.15, 0.2) is 0 Å². The van der Waals surface area contributed by atoms with E-state index in [1.54, 1.807) is 0 Å². The van der Waals surface area contributed by atoms with E-state index in [1.807, 2.05) is 6.92 Å². The quantitative estimate of drug-likeness (QED) is 0.890. The molecule has 1 fully saturated rings. The van der Waals surface area contributed by atoms with Gasteiger partial charge >= 0.3 is 0 Å². The van der Waals surface area contributed by atoms with Crippen LogP contribution in [0.25, 0.3) is 0 Å². The summed E-state index contributed by atoms with van der Waals surface area (Å²) in [4.78, 5) is 2.40. The molecule has 0 bridgehead atoms. The van der Waals surface area contributed by atoms with Crippen molar-refractivity contribution in [1.82, 2.24) is 0 Å². The number of hydrogen-bond acceptors (Lipinski definition) is 3. The van der Waals surface area contributed by atoms with Gasteiger partial charge in [-0.05, 0) is 46.2 Å². The lowest BCUT2D eigenvalue weighted by Gasteiger charge is -2.48. The number of nitrogens with zero attached hydrogens (tertiary/aromatic N) is 1. The molecule has 0 amide bonds. The largest absolute Gasteiger partial charge is 0.366 e. The summed E-state index contributed by atoms with van der Waals surface area (Å²) in [6.07, 6.45) is 0. The molecule has 1 aromatic rings. The van der Waals surface area contributed by atoms with Gasteiger partial charge < -0.3 is 15.4 Å². The Balaban J connectivity index is 2.36. The molecule has 2 rings (SSSR count). The van der Waals surface area contributed by atoms with Crippen LogP contribution in [0.1, 0.15) is 46.2 Å². The van der Waals surface area contributed by atoms with Gasteiger partial charge in [-0.15, -0.1) is 0 Å². The Morgan fingerprint density at radius 3 is 2.16 bits per heavy atom. The number of anilines is 1. The first-order valence-corrected chi connectivity index (χ1v) is 7.00. The van der Waals surface area contributed by atoms with Crippen LogP contribution in [-0.4, -0.2) is 24.3 Å². The zero-order chi connectivity index (χ0) is 14.3. The van der Waals surface area contributed by atoms with Gasteiger partial charge in [0.05, 0.1) is 11.2 Å². The molecule has 0 unspecified atom stereocenters. The van der Waals surface area contributed by atoms with E-state index in [2.05, 4.69) is 56.9 Å². The molecule has 1 aliphatic rings. The van der Waals surface area contributed by atoms with Gasteiger partial charge in [-0.2, -0.15) is 0 Å². The summed E-state index contributed by atoms with van der Waals surface area (Å²) in [5.74, 6) is 0. The van der Waals surface area contributed by atoms with E-state index in [9.17, 15) is 0 Å². The number of rotatable bonds is 2. The average molecular weight is 262 g/mol. The van der Waals surface area contributed by atoms with Crippen LogP contribution in [-0.2, 0) is 4.74 Å². The third-order valence-corrected chi connectivity index (χ3v) is 3.46. The topological polar surface area (TPSA) is 38.5 Å². The highest BCUT2D eigenvalue weighted by Crippen LogP contribution is 2.34. The van der Waals surface area contributed by atoms with Crippen molar-refractivity contribution in [3.63, 3.8) is 0 Å². The Kier molecular flexibility index (Phi) is 3.63. The first-order valence-electron chi connectivity index (χ1n) is 7.00. The summed E-state index contributed by atoms with van der Waals surface area (Å²) >= 11 is 0. The number of hydrogen-bond donors (Lipinski definition) is 1. The van der Waals surface area contributed by atoms with Gasteiger partial charge in [0.2, 0.25) is 0 Å². The highest BCUT2D eigenvalue weighted by molar-refractivity contribution is 5.55. The lowest BCUT2D eigenvalue weighted by molar-refractivity contribution is -0.133. The molecule has 0 aliphatic carbocycles. The third-order valence-electron chi connectivity index (χ3n) is 3.46. The van der Waals surface area contributed by atoms with Crippen molar-refractivity contribution in [2.75, 3.05) is 18.0 Å². The minimum Gasteiger partial charge on any atom is -0.366 e. The Morgan fingerprint density at radius 2 is 1.63 bits per heavy atom. The Hall–Kier alpha value is -1.06. The van der Waals surface area contributed by atoms with Gasteiger partial charge in [0.1, 0.15) is 0 Å². The normalized spacial score (nSPS) is 23.2.